The molecule has 1 N–H and O–H groups in total. The van der Waals surface area contributed by atoms with Crippen molar-refractivity contribution in [2.24, 2.45) is 0 Å². The van der Waals surface area contributed by atoms with Crippen molar-refractivity contribution in [3.63, 3.8) is 0 Å². The fourth-order valence-electron chi connectivity index (χ4n) is 3.57. The second-order valence-corrected chi connectivity index (χ2v) is 7.54. The molecule has 0 bridgehead atoms. The van der Waals surface area contributed by atoms with Crippen molar-refractivity contribution in [2.45, 2.75) is 19.4 Å². The highest BCUT2D eigenvalue weighted by atomic mass is 16.5. The van der Waals surface area contributed by atoms with E-state index in [9.17, 15) is 4.79 Å². The molecule has 1 aliphatic rings. The molecule has 0 saturated carbocycles. The highest BCUT2D eigenvalue weighted by Gasteiger charge is 2.27. The molecule has 4 rings (SSSR count). The number of benzene rings is 1. The topological polar surface area (TPSA) is 67.4 Å². The zero-order valence-corrected chi connectivity index (χ0v) is 17.3. The monoisotopic (exact) mass is 402 g/mol. The maximum absolute atomic E-state index is 12.9. The number of morpholine rings is 1. The number of anilines is 1. The Bertz CT molecular complexity index is 1000. The molecule has 0 aliphatic carbocycles. The third-order valence-corrected chi connectivity index (χ3v) is 5.32. The highest BCUT2D eigenvalue weighted by Crippen LogP contribution is 2.23. The van der Waals surface area contributed by atoms with Gasteiger partial charge in [-0.2, -0.15) is 0 Å². The van der Waals surface area contributed by atoms with Crippen LogP contribution >= 0.6 is 0 Å². The van der Waals surface area contributed by atoms with Crippen LogP contribution in [0.5, 0.6) is 0 Å². The van der Waals surface area contributed by atoms with Crippen LogP contribution in [-0.4, -0.2) is 47.5 Å². The molecule has 1 atom stereocenters. The third kappa shape index (κ3) is 4.66. The molecule has 3 heterocycles. The van der Waals surface area contributed by atoms with Gasteiger partial charge in [-0.15, -0.1) is 0 Å². The second-order valence-electron chi connectivity index (χ2n) is 7.54. The molecule has 0 radical (unpaired) electrons. The summed E-state index contributed by atoms with van der Waals surface area (Å²) in [5.41, 5.74) is 5.15. The molecule has 1 amide bonds. The van der Waals surface area contributed by atoms with Gasteiger partial charge in [0, 0.05) is 31.5 Å². The second kappa shape index (κ2) is 9.05. The number of aromatic nitrogens is 2. The van der Waals surface area contributed by atoms with Crippen LogP contribution in [0, 0.1) is 6.92 Å². The summed E-state index contributed by atoms with van der Waals surface area (Å²) in [6.45, 7) is 3.64. The Kier molecular flexibility index (Phi) is 6.05. The zero-order valence-electron chi connectivity index (χ0n) is 17.3. The maximum atomic E-state index is 12.9. The number of nitrogens with one attached hydrogen (secondary N) is 1. The number of aryl methyl sites for hydroxylation is 1. The highest BCUT2D eigenvalue weighted by molar-refractivity contribution is 5.94. The molecule has 3 aromatic rings. The fourth-order valence-corrected chi connectivity index (χ4v) is 3.57. The van der Waals surface area contributed by atoms with E-state index in [0.717, 1.165) is 17.7 Å². The molecule has 6 heteroatoms. The molecule has 30 heavy (non-hydrogen) atoms. The largest absolute Gasteiger partial charge is 0.373 e. The van der Waals surface area contributed by atoms with Gasteiger partial charge in [-0.3, -0.25) is 9.78 Å². The van der Waals surface area contributed by atoms with Crippen molar-refractivity contribution in [2.75, 3.05) is 32.1 Å². The zero-order chi connectivity index (χ0) is 20.9. The van der Waals surface area contributed by atoms with Gasteiger partial charge in [-0.1, -0.05) is 35.9 Å². The number of rotatable bonds is 5. The summed E-state index contributed by atoms with van der Waals surface area (Å²) >= 11 is 0. The van der Waals surface area contributed by atoms with Crippen LogP contribution in [-0.2, 0) is 11.2 Å². The number of carbonyl (C=O) groups is 1. The Morgan fingerprint density at radius 3 is 2.67 bits per heavy atom. The Labute approximate surface area is 176 Å². The molecule has 1 saturated heterocycles. The average Bonchev–Trinajstić information content (AvgIpc) is 2.81. The van der Waals surface area contributed by atoms with Gasteiger partial charge in [-0.25, -0.2) is 4.98 Å². The number of carbonyl (C=O) groups excluding carboxylic acids is 1. The van der Waals surface area contributed by atoms with Gasteiger partial charge in [-0.05, 0) is 42.7 Å². The van der Waals surface area contributed by atoms with Gasteiger partial charge in [0.25, 0.3) is 5.91 Å². The van der Waals surface area contributed by atoms with Gasteiger partial charge >= 0.3 is 0 Å². The summed E-state index contributed by atoms with van der Waals surface area (Å²) in [4.78, 5) is 23.5. The molecular formula is C24H26N4O2. The lowest BCUT2D eigenvalue weighted by atomic mass is 10.0. The van der Waals surface area contributed by atoms with E-state index < -0.39 is 0 Å². The lowest BCUT2D eigenvalue weighted by molar-refractivity contribution is -0.0247. The lowest BCUT2D eigenvalue weighted by Crippen LogP contribution is -2.42. The molecule has 1 aromatic carbocycles. The van der Waals surface area contributed by atoms with Crippen molar-refractivity contribution in [3.05, 3.63) is 88.9 Å². The number of pyridine rings is 2. The van der Waals surface area contributed by atoms with Crippen LogP contribution in [0.3, 0.4) is 0 Å². The van der Waals surface area contributed by atoms with Crippen LogP contribution in [0.2, 0.25) is 0 Å². The van der Waals surface area contributed by atoms with Crippen molar-refractivity contribution in [3.8, 4) is 0 Å². The quantitative estimate of drug-likeness (QED) is 0.706. The maximum Gasteiger partial charge on any atom is 0.254 e. The summed E-state index contributed by atoms with van der Waals surface area (Å²) in [6, 6.07) is 16.2. The van der Waals surface area contributed by atoms with Crippen LogP contribution in [0.15, 0.2) is 60.9 Å². The predicted molar refractivity (Wildman–Crippen MR) is 117 cm³/mol. The normalized spacial score (nSPS) is 16.3. The van der Waals surface area contributed by atoms with Crippen LogP contribution in [0.4, 0.5) is 5.82 Å². The van der Waals surface area contributed by atoms with Crippen LogP contribution in [0.1, 0.15) is 38.8 Å². The van der Waals surface area contributed by atoms with E-state index in [1.807, 2.05) is 17.2 Å². The Morgan fingerprint density at radius 1 is 1.13 bits per heavy atom. The van der Waals surface area contributed by atoms with Crippen molar-refractivity contribution < 1.29 is 9.53 Å². The molecule has 6 nitrogen and oxygen atoms in total. The first kappa shape index (κ1) is 20.0. The molecule has 154 valence electrons. The minimum atomic E-state index is -0.221. The molecule has 1 fully saturated rings. The van der Waals surface area contributed by atoms with Crippen molar-refractivity contribution >= 4 is 11.7 Å². The average molecular weight is 402 g/mol. The van der Waals surface area contributed by atoms with E-state index in [1.54, 1.807) is 25.4 Å². The minimum absolute atomic E-state index is 0.0156. The van der Waals surface area contributed by atoms with Gasteiger partial charge in [0.15, 0.2) is 0 Å². The van der Waals surface area contributed by atoms with Gasteiger partial charge < -0.3 is 15.0 Å². The number of amides is 1. The summed E-state index contributed by atoms with van der Waals surface area (Å²) in [5, 5.41) is 2.97. The van der Waals surface area contributed by atoms with E-state index in [0.29, 0.717) is 31.1 Å². The van der Waals surface area contributed by atoms with Crippen molar-refractivity contribution in [1.29, 1.82) is 0 Å². The number of hydrogen-bond acceptors (Lipinski definition) is 5. The first-order chi connectivity index (χ1) is 14.6. The SMILES string of the molecule is CNc1cc(C(=O)N2CCO[C@@H](c3ccc(Cc4ccc(C)cc4)cn3)C2)ccn1. The smallest absolute Gasteiger partial charge is 0.254 e. The minimum Gasteiger partial charge on any atom is -0.373 e. The molecule has 0 spiro atoms. The van der Waals surface area contributed by atoms with E-state index in [2.05, 4.69) is 52.5 Å². The van der Waals surface area contributed by atoms with E-state index in [-0.39, 0.29) is 12.0 Å². The Morgan fingerprint density at radius 2 is 1.93 bits per heavy atom. The summed E-state index contributed by atoms with van der Waals surface area (Å²) in [7, 11) is 1.79. The molecule has 1 aliphatic heterocycles. The molecular weight excluding hydrogens is 376 g/mol. The summed E-state index contributed by atoms with van der Waals surface area (Å²) in [5.74, 6) is 0.662. The summed E-state index contributed by atoms with van der Waals surface area (Å²) < 4.78 is 5.92. The fraction of sp³-hybridized carbons (Fsp3) is 0.292. The first-order valence-corrected chi connectivity index (χ1v) is 10.2. The van der Waals surface area contributed by atoms with E-state index in [4.69, 9.17) is 4.74 Å². The van der Waals surface area contributed by atoms with E-state index >= 15 is 0 Å². The molecule has 2 aromatic heterocycles. The third-order valence-electron chi connectivity index (χ3n) is 5.32. The van der Waals surface area contributed by atoms with Crippen molar-refractivity contribution in [1.82, 2.24) is 14.9 Å². The first-order valence-electron chi connectivity index (χ1n) is 10.2. The number of hydrogen-bond donors (Lipinski definition) is 1. The van der Waals surface area contributed by atoms with Crippen LogP contribution in [0.25, 0.3) is 0 Å². The number of nitrogens with zero attached hydrogens (tertiary/aromatic N) is 3. The Hall–Kier alpha value is -3.25. The standard InChI is InChI=1S/C24H26N4O2/c1-17-3-5-18(6-4-17)13-19-7-8-21(27-15-19)22-16-28(11-12-30-22)24(29)20-9-10-26-23(14-20)25-2/h3-10,14-15,22H,11-13,16H2,1-2H3,(H,25,26)/t22-/m1/s1. The van der Waals surface area contributed by atoms with Crippen LogP contribution < -0.4 is 5.32 Å². The summed E-state index contributed by atoms with van der Waals surface area (Å²) in [6.07, 6.45) is 4.17. The number of ether oxygens (including phenoxy) is 1. The van der Waals surface area contributed by atoms with Gasteiger partial charge in [0.1, 0.15) is 11.9 Å². The predicted octanol–water partition coefficient (Wildman–Crippen LogP) is 3.63. The van der Waals surface area contributed by atoms with E-state index in [1.165, 1.54) is 11.1 Å². The van der Waals surface area contributed by atoms with Gasteiger partial charge in [0.05, 0.1) is 18.8 Å². The van der Waals surface area contributed by atoms with Gasteiger partial charge in [0.2, 0.25) is 0 Å². The molecule has 0 unspecified atom stereocenters. The lowest BCUT2D eigenvalue weighted by Gasteiger charge is -2.32. The Balaban J connectivity index is 1.42.